The third kappa shape index (κ3) is 1.90. The molecule has 2 rings (SSSR count). The van der Waals surface area contributed by atoms with Gasteiger partial charge in [-0.1, -0.05) is 22.6 Å². The van der Waals surface area contributed by atoms with Gasteiger partial charge in [0.2, 0.25) is 0 Å². The van der Waals surface area contributed by atoms with E-state index in [1.54, 1.807) is 20.3 Å². The fourth-order valence-electron chi connectivity index (χ4n) is 1.94. The second kappa shape index (κ2) is 4.61. The van der Waals surface area contributed by atoms with Crippen LogP contribution in [0.2, 0.25) is 0 Å². The highest BCUT2D eigenvalue weighted by atomic mass is 127. The van der Waals surface area contributed by atoms with E-state index in [0.29, 0.717) is 11.5 Å². The summed E-state index contributed by atoms with van der Waals surface area (Å²) in [6, 6.07) is 3.70. The van der Waals surface area contributed by atoms with Gasteiger partial charge in [-0.05, 0) is 30.5 Å². The first-order valence-electron chi connectivity index (χ1n) is 5.10. The van der Waals surface area contributed by atoms with E-state index < -0.39 is 0 Å². The van der Waals surface area contributed by atoms with Crippen molar-refractivity contribution in [2.75, 3.05) is 14.2 Å². The predicted molar refractivity (Wildman–Crippen MR) is 70.0 cm³/mol. The fourth-order valence-corrected chi connectivity index (χ4v) is 2.59. The van der Waals surface area contributed by atoms with Crippen LogP contribution >= 0.6 is 22.6 Å². The first-order valence-corrected chi connectivity index (χ1v) is 6.35. The largest absolute Gasteiger partial charge is 0.493 e. The molecule has 0 bridgehead atoms. The Labute approximate surface area is 108 Å². The minimum absolute atomic E-state index is 0.0863. The number of fused-ring (bicyclic) bond motifs is 1. The topological polar surface area (TPSA) is 35.5 Å². The van der Waals surface area contributed by atoms with Gasteiger partial charge in [0.1, 0.15) is 0 Å². The molecule has 1 aromatic rings. The Balaban J connectivity index is 2.52. The van der Waals surface area contributed by atoms with Crippen LogP contribution < -0.4 is 9.47 Å². The third-order valence-electron chi connectivity index (χ3n) is 2.83. The molecule has 0 radical (unpaired) electrons. The van der Waals surface area contributed by atoms with Gasteiger partial charge in [-0.15, -0.1) is 0 Å². The van der Waals surface area contributed by atoms with E-state index in [1.807, 2.05) is 6.07 Å². The van der Waals surface area contributed by atoms with Crippen molar-refractivity contribution in [2.45, 2.75) is 16.8 Å². The van der Waals surface area contributed by atoms with Gasteiger partial charge in [0.25, 0.3) is 0 Å². The summed E-state index contributed by atoms with van der Waals surface area (Å²) < 4.78 is 10.5. The number of aryl methyl sites for hydroxylation is 1. The molecule has 0 amide bonds. The third-order valence-corrected chi connectivity index (χ3v) is 4.01. The van der Waals surface area contributed by atoms with Gasteiger partial charge in [0.05, 0.1) is 18.1 Å². The Morgan fingerprint density at radius 1 is 1.25 bits per heavy atom. The van der Waals surface area contributed by atoms with E-state index in [1.165, 1.54) is 0 Å². The van der Waals surface area contributed by atoms with Gasteiger partial charge in [0, 0.05) is 5.56 Å². The Hall–Kier alpha value is -0.780. The zero-order valence-electron chi connectivity index (χ0n) is 9.25. The second-order valence-corrected chi connectivity index (χ2v) is 5.24. The minimum atomic E-state index is 0.0863. The molecule has 0 N–H and O–H groups in total. The Kier molecular flexibility index (Phi) is 3.37. The van der Waals surface area contributed by atoms with Crippen molar-refractivity contribution in [2.24, 2.45) is 0 Å². The lowest BCUT2D eigenvalue weighted by molar-refractivity contribution is 0.0984. The molecular formula is C12H13IO3. The SMILES string of the molecule is COc1cc2c(cc1OC)C(=O)C(I)CC2. The average Bonchev–Trinajstić information content (AvgIpc) is 2.32. The van der Waals surface area contributed by atoms with Gasteiger partial charge in [-0.2, -0.15) is 0 Å². The van der Waals surface area contributed by atoms with Gasteiger partial charge in [-0.25, -0.2) is 0 Å². The zero-order chi connectivity index (χ0) is 11.7. The lowest BCUT2D eigenvalue weighted by atomic mass is 9.90. The Morgan fingerprint density at radius 3 is 2.50 bits per heavy atom. The fraction of sp³-hybridized carbons (Fsp3) is 0.417. The molecule has 1 unspecified atom stereocenters. The second-order valence-electron chi connectivity index (χ2n) is 3.73. The summed E-state index contributed by atoms with van der Waals surface area (Å²) in [4.78, 5) is 12.0. The standard InChI is InChI=1S/C12H13IO3/c1-15-10-5-7-3-4-9(13)12(14)8(7)6-11(10)16-2/h5-6,9H,3-4H2,1-2H3. The van der Waals surface area contributed by atoms with Crippen molar-refractivity contribution in [1.82, 2.24) is 0 Å². The number of alkyl halides is 1. The highest BCUT2D eigenvalue weighted by Gasteiger charge is 2.26. The first kappa shape index (κ1) is 11.7. The number of hydrogen-bond acceptors (Lipinski definition) is 3. The van der Waals surface area contributed by atoms with E-state index in [2.05, 4.69) is 22.6 Å². The monoisotopic (exact) mass is 332 g/mol. The summed E-state index contributed by atoms with van der Waals surface area (Å²) in [5.41, 5.74) is 1.85. The number of methoxy groups -OCH3 is 2. The molecule has 1 aromatic carbocycles. The molecule has 86 valence electrons. The van der Waals surface area contributed by atoms with Crippen LogP contribution in [-0.4, -0.2) is 23.9 Å². The highest BCUT2D eigenvalue weighted by Crippen LogP contribution is 2.35. The average molecular weight is 332 g/mol. The number of ketones is 1. The van der Waals surface area contributed by atoms with Crippen molar-refractivity contribution < 1.29 is 14.3 Å². The molecule has 1 atom stereocenters. The Morgan fingerprint density at radius 2 is 1.88 bits per heavy atom. The van der Waals surface area contributed by atoms with Crippen LogP contribution in [0, 0.1) is 0 Å². The van der Waals surface area contributed by atoms with Crippen molar-refractivity contribution in [3.63, 3.8) is 0 Å². The number of ether oxygens (including phenoxy) is 2. The summed E-state index contributed by atoms with van der Waals surface area (Å²) in [7, 11) is 3.19. The van der Waals surface area contributed by atoms with Crippen molar-refractivity contribution in [1.29, 1.82) is 0 Å². The molecular weight excluding hydrogens is 319 g/mol. The molecule has 0 aromatic heterocycles. The summed E-state index contributed by atoms with van der Waals surface area (Å²) in [6.45, 7) is 0. The van der Waals surface area contributed by atoms with Crippen LogP contribution in [0.5, 0.6) is 11.5 Å². The van der Waals surface area contributed by atoms with Crippen LogP contribution in [0.15, 0.2) is 12.1 Å². The van der Waals surface area contributed by atoms with Gasteiger partial charge >= 0.3 is 0 Å². The number of carbonyl (C=O) groups excluding carboxylic acids is 1. The van der Waals surface area contributed by atoms with E-state index >= 15 is 0 Å². The maximum Gasteiger partial charge on any atom is 0.176 e. The zero-order valence-corrected chi connectivity index (χ0v) is 11.4. The molecule has 0 fully saturated rings. The van der Waals surface area contributed by atoms with E-state index in [0.717, 1.165) is 24.0 Å². The van der Waals surface area contributed by atoms with Crippen LogP contribution in [0.4, 0.5) is 0 Å². The van der Waals surface area contributed by atoms with Crippen LogP contribution in [-0.2, 0) is 6.42 Å². The molecule has 1 aliphatic rings. The predicted octanol–water partition coefficient (Wildman–Crippen LogP) is 2.64. The number of rotatable bonds is 2. The van der Waals surface area contributed by atoms with Crippen LogP contribution in [0.25, 0.3) is 0 Å². The number of benzene rings is 1. The maximum absolute atomic E-state index is 12.0. The molecule has 0 spiro atoms. The summed E-state index contributed by atoms with van der Waals surface area (Å²) in [6.07, 6.45) is 1.83. The van der Waals surface area contributed by atoms with E-state index in [9.17, 15) is 4.79 Å². The molecule has 1 aliphatic carbocycles. The first-order chi connectivity index (χ1) is 7.67. The number of halogens is 1. The number of hydrogen-bond donors (Lipinski definition) is 0. The molecule has 0 saturated carbocycles. The van der Waals surface area contributed by atoms with Gasteiger partial charge in [0.15, 0.2) is 17.3 Å². The molecule has 16 heavy (non-hydrogen) atoms. The Bertz CT molecular complexity index is 429. The van der Waals surface area contributed by atoms with Crippen LogP contribution in [0.1, 0.15) is 22.3 Å². The molecule has 4 heteroatoms. The smallest absolute Gasteiger partial charge is 0.176 e. The quantitative estimate of drug-likeness (QED) is 0.617. The van der Waals surface area contributed by atoms with E-state index in [-0.39, 0.29) is 9.71 Å². The van der Waals surface area contributed by atoms with Crippen molar-refractivity contribution in [3.05, 3.63) is 23.3 Å². The summed E-state index contributed by atoms with van der Waals surface area (Å²) >= 11 is 2.20. The summed E-state index contributed by atoms with van der Waals surface area (Å²) in [5.74, 6) is 1.52. The maximum atomic E-state index is 12.0. The van der Waals surface area contributed by atoms with Gasteiger partial charge in [-0.3, -0.25) is 4.79 Å². The molecule has 0 heterocycles. The summed E-state index contributed by atoms with van der Waals surface area (Å²) in [5, 5.41) is 0. The van der Waals surface area contributed by atoms with E-state index in [4.69, 9.17) is 9.47 Å². The van der Waals surface area contributed by atoms with Gasteiger partial charge < -0.3 is 9.47 Å². The number of carbonyl (C=O) groups is 1. The normalized spacial score (nSPS) is 19.2. The van der Waals surface area contributed by atoms with Crippen LogP contribution in [0.3, 0.4) is 0 Å². The lowest BCUT2D eigenvalue weighted by Crippen LogP contribution is -2.22. The van der Waals surface area contributed by atoms with Crippen molar-refractivity contribution >= 4 is 28.4 Å². The van der Waals surface area contributed by atoms with Crippen molar-refractivity contribution in [3.8, 4) is 11.5 Å². The number of Topliss-reactive ketones (excluding diaryl/α,β-unsaturated/α-hetero) is 1. The minimum Gasteiger partial charge on any atom is -0.493 e. The molecule has 3 nitrogen and oxygen atoms in total. The lowest BCUT2D eigenvalue weighted by Gasteiger charge is -2.21. The molecule has 0 saturated heterocycles. The highest BCUT2D eigenvalue weighted by molar-refractivity contribution is 14.1. The molecule has 0 aliphatic heterocycles.